The summed E-state index contributed by atoms with van der Waals surface area (Å²) in [5, 5.41) is 14.3. The molecule has 1 aromatic carbocycles. The van der Waals surface area contributed by atoms with Crippen molar-refractivity contribution in [3.05, 3.63) is 29.8 Å². The molecule has 0 bridgehead atoms. The predicted molar refractivity (Wildman–Crippen MR) is 79.4 cm³/mol. The second-order valence-corrected chi connectivity index (χ2v) is 5.77. The molecule has 0 aromatic heterocycles. The van der Waals surface area contributed by atoms with Crippen molar-refractivity contribution in [3.63, 3.8) is 0 Å². The number of hydrogen-bond donors (Lipinski definition) is 3. The highest BCUT2D eigenvalue weighted by atomic mass is 16.4. The summed E-state index contributed by atoms with van der Waals surface area (Å²) in [4.78, 5) is 33.4. The first-order chi connectivity index (χ1) is 9.71. The number of anilines is 1. The molecule has 6 nitrogen and oxygen atoms in total. The fraction of sp³-hybridized carbons (Fsp3) is 0.400. The van der Waals surface area contributed by atoms with Crippen LogP contribution in [0.1, 0.15) is 37.6 Å². The zero-order valence-electron chi connectivity index (χ0n) is 12.3. The maximum Gasteiger partial charge on any atom is 0.305 e. The topological polar surface area (TPSA) is 95.5 Å². The Labute approximate surface area is 123 Å². The Morgan fingerprint density at radius 2 is 2.00 bits per heavy atom. The Kier molecular flexibility index (Phi) is 5.46. The van der Waals surface area contributed by atoms with Crippen LogP contribution >= 0.6 is 0 Å². The van der Waals surface area contributed by atoms with Crippen molar-refractivity contribution >= 4 is 23.9 Å². The summed E-state index contributed by atoms with van der Waals surface area (Å²) in [6, 6.07) is 5.77. The summed E-state index contributed by atoms with van der Waals surface area (Å²) < 4.78 is 0. The molecule has 0 heterocycles. The number of amides is 1. The molecule has 0 fully saturated rings. The van der Waals surface area contributed by atoms with Crippen LogP contribution in [-0.4, -0.2) is 34.8 Å². The van der Waals surface area contributed by atoms with Crippen LogP contribution in [0.5, 0.6) is 0 Å². The molecule has 0 spiro atoms. The molecule has 1 aromatic rings. The van der Waals surface area contributed by atoms with Crippen LogP contribution in [0.4, 0.5) is 5.69 Å². The average molecular weight is 292 g/mol. The van der Waals surface area contributed by atoms with Gasteiger partial charge >= 0.3 is 5.97 Å². The fourth-order valence-electron chi connectivity index (χ4n) is 1.74. The lowest BCUT2D eigenvalue weighted by atomic mass is 10.1. The molecule has 21 heavy (non-hydrogen) atoms. The van der Waals surface area contributed by atoms with E-state index in [2.05, 4.69) is 10.6 Å². The van der Waals surface area contributed by atoms with Crippen LogP contribution in [0.25, 0.3) is 0 Å². The number of nitrogens with one attached hydrogen (secondary N) is 2. The quantitative estimate of drug-likeness (QED) is 0.693. The van der Waals surface area contributed by atoms with Gasteiger partial charge in [-0.05, 0) is 39.0 Å². The van der Waals surface area contributed by atoms with E-state index < -0.39 is 24.3 Å². The lowest BCUT2D eigenvalue weighted by Gasteiger charge is -2.22. The molecule has 3 N–H and O–H groups in total. The Hall–Kier alpha value is -2.37. The molecule has 0 aliphatic heterocycles. The maximum absolute atomic E-state index is 12.0. The minimum atomic E-state index is -1.14. The van der Waals surface area contributed by atoms with Gasteiger partial charge in [0.05, 0.1) is 12.5 Å². The zero-order valence-corrected chi connectivity index (χ0v) is 12.3. The first-order valence-electron chi connectivity index (χ1n) is 6.57. The van der Waals surface area contributed by atoms with Gasteiger partial charge < -0.3 is 20.5 Å². The first kappa shape index (κ1) is 16.7. The highest BCUT2D eigenvalue weighted by molar-refractivity contribution is 5.97. The number of hydrogen-bond acceptors (Lipinski definition) is 4. The third-order valence-corrected chi connectivity index (χ3v) is 2.52. The number of carbonyl (C=O) groups is 3. The van der Waals surface area contributed by atoms with Crippen molar-refractivity contribution in [1.29, 1.82) is 0 Å². The fourth-order valence-corrected chi connectivity index (χ4v) is 1.74. The number of carboxylic acid groups (broad SMARTS) is 1. The van der Waals surface area contributed by atoms with Gasteiger partial charge in [0.15, 0.2) is 0 Å². The highest BCUT2D eigenvalue weighted by Crippen LogP contribution is 2.16. The Bertz CT molecular complexity index is 535. The zero-order chi connectivity index (χ0) is 16.0. The summed E-state index contributed by atoms with van der Waals surface area (Å²) in [7, 11) is 0. The van der Waals surface area contributed by atoms with Crippen LogP contribution in [0, 0.1) is 0 Å². The van der Waals surface area contributed by atoms with E-state index in [1.165, 1.54) is 0 Å². The van der Waals surface area contributed by atoms with Gasteiger partial charge in [-0.1, -0.05) is 6.07 Å². The van der Waals surface area contributed by atoms with Gasteiger partial charge in [0.2, 0.25) is 0 Å². The van der Waals surface area contributed by atoms with Gasteiger partial charge in [0, 0.05) is 16.8 Å². The van der Waals surface area contributed by atoms with Crippen LogP contribution < -0.4 is 10.6 Å². The molecule has 1 rings (SSSR count). The molecule has 0 radical (unpaired) electrons. The van der Waals surface area contributed by atoms with E-state index >= 15 is 0 Å². The van der Waals surface area contributed by atoms with Crippen molar-refractivity contribution in [3.8, 4) is 0 Å². The van der Waals surface area contributed by atoms with Crippen LogP contribution in [0.15, 0.2) is 24.3 Å². The number of carbonyl (C=O) groups excluding carboxylic acids is 2. The molecule has 114 valence electrons. The second kappa shape index (κ2) is 6.88. The summed E-state index contributed by atoms with van der Waals surface area (Å²) in [5.74, 6) is -1.62. The van der Waals surface area contributed by atoms with Gasteiger partial charge in [-0.25, -0.2) is 0 Å². The second-order valence-electron chi connectivity index (χ2n) is 5.77. The average Bonchev–Trinajstić information content (AvgIpc) is 2.35. The van der Waals surface area contributed by atoms with Crippen LogP contribution in [-0.2, 0) is 9.59 Å². The summed E-state index contributed by atoms with van der Waals surface area (Å²) >= 11 is 0. The van der Waals surface area contributed by atoms with Crippen LogP contribution in [0.3, 0.4) is 0 Å². The van der Waals surface area contributed by atoms with E-state index in [1.807, 2.05) is 26.8 Å². The van der Waals surface area contributed by atoms with E-state index in [9.17, 15) is 14.4 Å². The van der Waals surface area contributed by atoms with Gasteiger partial charge in [-0.2, -0.15) is 0 Å². The SMILES string of the molecule is CC(C)(C)Nc1cccc(C(=O)NC(C=O)CC(=O)O)c1. The lowest BCUT2D eigenvalue weighted by Crippen LogP contribution is -2.37. The number of aldehydes is 1. The standard InChI is InChI=1S/C15H20N2O4/c1-15(2,3)17-11-6-4-5-10(7-11)14(21)16-12(9-18)8-13(19)20/h4-7,9,12,17H,8H2,1-3H3,(H,16,21)(H,19,20). The first-order valence-corrected chi connectivity index (χ1v) is 6.57. The Morgan fingerprint density at radius 3 is 2.52 bits per heavy atom. The predicted octanol–water partition coefficient (Wildman–Crippen LogP) is 1.67. The molecule has 0 saturated carbocycles. The molecular weight excluding hydrogens is 272 g/mol. The summed E-state index contributed by atoms with van der Waals surface area (Å²) in [6.07, 6.45) is -0.0154. The van der Waals surface area contributed by atoms with Crippen molar-refractivity contribution in [2.75, 3.05) is 5.32 Å². The van der Waals surface area contributed by atoms with Gasteiger partial charge in [0.1, 0.15) is 6.29 Å². The Morgan fingerprint density at radius 1 is 1.33 bits per heavy atom. The molecule has 0 aliphatic rings. The third kappa shape index (κ3) is 6.07. The van der Waals surface area contributed by atoms with Crippen molar-refractivity contribution in [2.24, 2.45) is 0 Å². The van der Waals surface area contributed by atoms with E-state index in [1.54, 1.807) is 18.2 Å². The van der Waals surface area contributed by atoms with Gasteiger partial charge in [0.25, 0.3) is 5.91 Å². The minimum Gasteiger partial charge on any atom is -0.481 e. The van der Waals surface area contributed by atoms with E-state index in [0.717, 1.165) is 5.69 Å². The lowest BCUT2D eigenvalue weighted by molar-refractivity contribution is -0.138. The molecular formula is C15H20N2O4. The highest BCUT2D eigenvalue weighted by Gasteiger charge is 2.17. The monoisotopic (exact) mass is 292 g/mol. The summed E-state index contributed by atoms with van der Waals surface area (Å²) in [6.45, 7) is 5.99. The maximum atomic E-state index is 12.0. The molecule has 6 heteroatoms. The number of benzene rings is 1. The van der Waals surface area contributed by atoms with E-state index in [4.69, 9.17) is 5.11 Å². The molecule has 0 aliphatic carbocycles. The minimum absolute atomic E-state index is 0.149. The number of rotatable bonds is 6. The third-order valence-electron chi connectivity index (χ3n) is 2.52. The van der Waals surface area contributed by atoms with Crippen molar-refractivity contribution in [1.82, 2.24) is 5.32 Å². The van der Waals surface area contributed by atoms with Gasteiger partial charge in [-0.15, -0.1) is 0 Å². The van der Waals surface area contributed by atoms with E-state index in [0.29, 0.717) is 11.8 Å². The van der Waals surface area contributed by atoms with E-state index in [-0.39, 0.29) is 5.54 Å². The number of aliphatic carboxylic acids is 1. The molecule has 0 saturated heterocycles. The van der Waals surface area contributed by atoms with Crippen molar-refractivity contribution in [2.45, 2.75) is 38.8 Å². The normalized spacial score (nSPS) is 12.3. The van der Waals surface area contributed by atoms with Gasteiger partial charge in [-0.3, -0.25) is 9.59 Å². The van der Waals surface area contributed by atoms with Crippen molar-refractivity contribution < 1.29 is 19.5 Å². The van der Waals surface area contributed by atoms with Crippen LogP contribution in [0.2, 0.25) is 0 Å². The molecule has 1 unspecified atom stereocenters. The number of carboxylic acids is 1. The smallest absolute Gasteiger partial charge is 0.305 e. The largest absolute Gasteiger partial charge is 0.481 e. The molecule has 1 amide bonds. The molecule has 1 atom stereocenters. The summed E-state index contributed by atoms with van der Waals surface area (Å²) in [5.41, 5.74) is 0.988. The Balaban J connectivity index is 2.80.